The van der Waals surface area contributed by atoms with E-state index in [1.165, 1.54) is 21.1 Å². The number of carboxylic acids is 1. The second-order valence-electron chi connectivity index (χ2n) is 19.7. The number of carbonyl (C=O) groups excluding carboxylic acids is 9. The van der Waals surface area contributed by atoms with E-state index in [-0.39, 0.29) is 115 Å². The van der Waals surface area contributed by atoms with Gasteiger partial charge in [-0.05, 0) is 88.5 Å². The van der Waals surface area contributed by atoms with Crippen molar-refractivity contribution in [1.82, 2.24) is 46.6 Å². The zero-order valence-electron chi connectivity index (χ0n) is 45.0. The Morgan fingerprint density at radius 1 is 0.691 bits per heavy atom. The SMILES string of the molecule is NC(N)=NCCCC(NC(=O)CN1CCCC[C@@H](NC(=O)[C@H](CO)NC(=O)[C@H](Cc2cccs2)NC(=O)CNC(=O)[C@@H]2[C@H](O)CCN2C(=O)[C@@H]2CCCN2C(=O)[C@H](CCCN=C(N)N)NC(=O)[C@H](N)CCCN=C(N)N)C1=O)C(=O)O. The van der Waals surface area contributed by atoms with Gasteiger partial charge in [0.2, 0.25) is 53.2 Å². The predicted octanol–water partition coefficient (Wildman–Crippen LogP) is -7.64. The lowest BCUT2D eigenvalue weighted by atomic mass is 10.1. The number of aliphatic carboxylic acids is 1. The van der Waals surface area contributed by atoms with Crippen LogP contribution in [0.3, 0.4) is 0 Å². The number of rotatable bonds is 31. The molecule has 81 heavy (non-hydrogen) atoms. The van der Waals surface area contributed by atoms with Crippen LogP contribution in [0.4, 0.5) is 0 Å². The molecule has 0 aliphatic carbocycles. The molecule has 3 aliphatic rings. The number of nitrogens with one attached hydrogen (secondary N) is 6. The second kappa shape index (κ2) is 33.0. The van der Waals surface area contributed by atoms with Crippen LogP contribution in [0.25, 0.3) is 0 Å². The number of amides is 9. The second-order valence-corrected chi connectivity index (χ2v) is 20.7. The molecule has 1 unspecified atom stereocenters. The topological polar surface area (TPSA) is 533 Å². The first kappa shape index (κ1) is 65.6. The average molecular weight is 1160 g/mol. The van der Waals surface area contributed by atoms with Crippen LogP contribution < -0.4 is 72.0 Å². The molecule has 1 aromatic rings. The number of hydrogen-bond acceptors (Lipinski definition) is 17. The summed E-state index contributed by atoms with van der Waals surface area (Å²) in [7, 11) is 0. The van der Waals surface area contributed by atoms with Gasteiger partial charge in [-0.1, -0.05) is 6.07 Å². The van der Waals surface area contributed by atoms with Crippen molar-refractivity contribution in [2.75, 3.05) is 59.0 Å². The molecule has 0 saturated carbocycles. The maximum absolute atomic E-state index is 14.3. The van der Waals surface area contributed by atoms with Gasteiger partial charge in [0.15, 0.2) is 17.9 Å². The molecular weight excluding hydrogens is 1080 g/mol. The number of nitrogens with zero attached hydrogens (tertiary/aromatic N) is 6. The highest BCUT2D eigenvalue weighted by molar-refractivity contribution is 7.09. The molecule has 0 aromatic carbocycles. The fourth-order valence-corrected chi connectivity index (χ4v) is 10.1. The lowest BCUT2D eigenvalue weighted by Crippen LogP contribution is -2.59. The monoisotopic (exact) mass is 1160 g/mol. The Labute approximate surface area is 471 Å². The first-order chi connectivity index (χ1) is 38.5. The number of thiophene rings is 1. The molecule has 23 N–H and O–H groups in total. The summed E-state index contributed by atoms with van der Waals surface area (Å²) in [5.74, 6) is -8.77. The minimum atomic E-state index is -1.64. The molecule has 32 nitrogen and oxygen atoms in total. The van der Waals surface area contributed by atoms with Crippen LogP contribution in [-0.2, 0) is 54.4 Å². The van der Waals surface area contributed by atoms with E-state index in [0.717, 1.165) is 4.90 Å². The Kier molecular flexibility index (Phi) is 26.7. The number of aliphatic hydroxyl groups is 2. The summed E-state index contributed by atoms with van der Waals surface area (Å²) in [5.41, 5.74) is 38.4. The molecule has 450 valence electrons. The summed E-state index contributed by atoms with van der Waals surface area (Å²) >= 11 is 1.25. The molecule has 1 aromatic heterocycles. The van der Waals surface area contributed by atoms with Gasteiger partial charge in [0.05, 0.1) is 31.8 Å². The fourth-order valence-electron chi connectivity index (χ4n) is 9.37. The number of aliphatic imine (C=N–C) groups is 3. The van der Waals surface area contributed by atoms with Crippen molar-refractivity contribution in [3.8, 4) is 0 Å². The van der Waals surface area contributed by atoms with Gasteiger partial charge in [-0.3, -0.25) is 58.1 Å². The molecule has 33 heteroatoms. The third kappa shape index (κ3) is 21.3. The molecule has 0 radical (unpaired) electrons. The quantitative estimate of drug-likeness (QED) is 0.0187. The van der Waals surface area contributed by atoms with Gasteiger partial charge < -0.3 is 102 Å². The molecule has 0 spiro atoms. The van der Waals surface area contributed by atoms with Gasteiger partial charge in [-0.2, -0.15) is 0 Å². The van der Waals surface area contributed by atoms with Crippen LogP contribution >= 0.6 is 11.3 Å². The molecular formula is C48H79N19O13S. The van der Waals surface area contributed by atoms with Crippen molar-refractivity contribution in [3.05, 3.63) is 22.4 Å². The van der Waals surface area contributed by atoms with Crippen molar-refractivity contribution in [2.24, 2.45) is 55.1 Å². The first-order valence-electron chi connectivity index (χ1n) is 26.6. The number of carbonyl (C=O) groups is 10. The maximum Gasteiger partial charge on any atom is 0.326 e. The van der Waals surface area contributed by atoms with Crippen molar-refractivity contribution < 1.29 is 63.3 Å². The molecule has 3 fully saturated rings. The van der Waals surface area contributed by atoms with E-state index in [1.54, 1.807) is 17.5 Å². The van der Waals surface area contributed by atoms with Gasteiger partial charge in [-0.15, -0.1) is 11.3 Å². The Balaban J connectivity index is 1.38. The zero-order chi connectivity index (χ0) is 59.8. The number of aliphatic hydroxyl groups excluding tert-OH is 2. The molecule has 9 amide bonds. The summed E-state index contributed by atoms with van der Waals surface area (Å²) in [6, 6.07) is -6.90. The first-order valence-corrected chi connectivity index (χ1v) is 27.5. The van der Waals surface area contributed by atoms with Crippen LogP contribution in [0, 0.1) is 0 Å². The smallest absolute Gasteiger partial charge is 0.326 e. The largest absolute Gasteiger partial charge is 0.480 e. The molecule has 9 atom stereocenters. The van der Waals surface area contributed by atoms with Crippen LogP contribution in [-0.4, -0.2) is 220 Å². The number of likely N-dealkylation sites (tertiary alicyclic amines) is 3. The van der Waals surface area contributed by atoms with Gasteiger partial charge in [0.1, 0.15) is 42.3 Å². The van der Waals surface area contributed by atoms with Gasteiger partial charge in [-0.25, -0.2) is 4.79 Å². The van der Waals surface area contributed by atoms with Crippen molar-refractivity contribution in [2.45, 2.75) is 138 Å². The van der Waals surface area contributed by atoms with Crippen molar-refractivity contribution in [1.29, 1.82) is 0 Å². The summed E-state index contributed by atoms with van der Waals surface area (Å²) in [4.78, 5) is 151. The molecule has 0 bridgehead atoms. The van der Waals surface area contributed by atoms with Gasteiger partial charge >= 0.3 is 5.97 Å². The molecule has 3 saturated heterocycles. The minimum Gasteiger partial charge on any atom is -0.480 e. The lowest BCUT2D eigenvalue weighted by molar-refractivity contribution is -0.149. The summed E-state index contributed by atoms with van der Waals surface area (Å²) in [5, 5.41) is 47.7. The summed E-state index contributed by atoms with van der Waals surface area (Å²) < 4.78 is 0. The molecule has 4 rings (SSSR count). The number of carboxylic acid groups (broad SMARTS) is 1. The summed E-state index contributed by atoms with van der Waals surface area (Å²) in [6.07, 6.45) is 1.22. The number of hydrogen-bond donors (Lipinski definition) is 16. The molecule has 4 heterocycles. The van der Waals surface area contributed by atoms with Crippen LogP contribution in [0.2, 0.25) is 0 Å². The van der Waals surface area contributed by atoms with E-state index in [0.29, 0.717) is 30.6 Å². The fraction of sp³-hybridized carbons (Fsp3) is 0.646. The number of nitrogens with two attached hydrogens (primary N) is 7. The van der Waals surface area contributed by atoms with Crippen LogP contribution in [0.15, 0.2) is 32.5 Å². The van der Waals surface area contributed by atoms with Gasteiger partial charge in [0, 0.05) is 50.6 Å². The van der Waals surface area contributed by atoms with Crippen LogP contribution in [0.5, 0.6) is 0 Å². The highest BCUT2D eigenvalue weighted by Crippen LogP contribution is 2.27. The Morgan fingerprint density at radius 2 is 1.31 bits per heavy atom. The third-order valence-corrected chi connectivity index (χ3v) is 14.4. The van der Waals surface area contributed by atoms with E-state index < -0.39 is 133 Å². The maximum atomic E-state index is 14.3. The highest BCUT2D eigenvalue weighted by atomic mass is 32.1. The van der Waals surface area contributed by atoms with E-state index in [9.17, 15) is 63.3 Å². The lowest BCUT2D eigenvalue weighted by Gasteiger charge is -2.33. The molecule has 3 aliphatic heterocycles. The van der Waals surface area contributed by atoms with Crippen molar-refractivity contribution >= 4 is 88.3 Å². The summed E-state index contributed by atoms with van der Waals surface area (Å²) in [6.45, 7) is -1.57. The van der Waals surface area contributed by atoms with Crippen LogP contribution in [0.1, 0.15) is 81.9 Å². The normalized spacial score (nSPS) is 19.7. The predicted molar refractivity (Wildman–Crippen MR) is 294 cm³/mol. The van der Waals surface area contributed by atoms with Crippen molar-refractivity contribution in [3.63, 3.8) is 0 Å². The average Bonchev–Trinajstić information content (AvgIpc) is 4.34. The van der Waals surface area contributed by atoms with E-state index in [2.05, 4.69) is 46.9 Å². The van der Waals surface area contributed by atoms with Gasteiger partial charge in [0.25, 0.3) is 0 Å². The Morgan fingerprint density at radius 3 is 1.91 bits per heavy atom. The third-order valence-electron chi connectivity index (χ3n) is 13.5. The minimum absolute atomic E-state index is 0.00333. The highest BCUT2D eigenvalue weighted by Gasteiger charge is 2.47. The zero-order valence-corrected chi connectivity index (χ0v) is 45.9. The Hall–Kier alpha value is -7.91. The number of guanidine groups is 3. The standard InChI is InChI=1S/C48H79N19O13S/c49-27(9-3-15-56-46(50)51)38(72)62-29(11-4-16-57-47(52)53)43(77)66-19-6-13-33(66)44(78)67-20-14-34(69)37(67)41(75)59-23-35(70)61-31(22-26-8-7-21-81-26)39(73)64-32(25-68)40(74)63-28-10-1-2-18-65(42(28)76)24-36(71)60-30(45(79)80)12-5-17-58-48(54)55/h7-8,21,27-34,37,68-69H,1-6,9-20,22-25,49H2,(H,59,75)(H,60,71)(H,61,70)(H,62,72)(H,63,74)(H,64,73)(H,79,80)(H4,50,51,56)(H4,52,53,57)(H4,54,55,58)/t27-,28-,29+,30?,31+,32+,33+,34-,37+/m1/s1. The Bertz CT molecular complexity index is 2440. The van der Waals surface area contributed by atoms with E-state index in [4.69, 9.17) is 40.1 Å². The van der Waals surface area contributed by atoms with E-state index >= 15 is 0 Å². The van der Waals surface area contributed by atoms with E-state index in [1.807, 2.05) is 0 Å².